The Morgan fingerprint density at radius 2 is 1.83 bits per heavy atom. The predicted molar refractivity (Wildman–Crippen MR) is 101 cm³/mol. The van der Waals surface area contributed by atoms with Crippen molar-refractivity contribution in [1.82, 2.24) is 4.90 Å². The van der Waals surface area contributed by atoms with Gasteiger partial charge in [0.2, 0.25) is 0 Å². The van der Waals surface area contributed by atoms with Crippen LogP contribution in [-0.2, 0) is 32.0 Å². The molecule has 0 saturated carbocycles. The lowest BCUT2D eigenvalue weighted by atomic mass is 9.94. The zero-order chi connectivity index (χ0) is 21.0. The smallest absolute Gasteiger partial charge is 0.342 e. The number of carbonyl (C=O) groups excluding carboxylic acids is 3. The van der Waals surface area contributed by atoms with E-state index >= 15 is 0 Å². The monoisotopic (exact) mass is 399 g/mol. The topological polar surface area (TPSA) is 102 Å². The minimum absolute atomic E-state index is 0.0906. The SMILES string of the molecule is COC(=O)[C@@H]1Cc2ccccc2CN1C(=O)COC(=O)c1ccc(OC)cc1O. The van der Waals surface area contributed by atoms with Gasteiger partial charge in [0.1, 0.15) is 23.1 Å². The summed E-state index contributed by atoms with van der Waals surface area (Å²) in [7, 11) is 2.69. The van der Waals surface area contributed by atoms with E-state index in [2.05, 4.69) is 0 Å². The molecule has 0 unspecified atom stereocenters. The summed E-state index contributed by atoms with van der Waals surface area (Å²) < 4.78 is 14.9. The number of carbonyl (C=O) groups is 3. The highest BCUT2D eigenvalue weighted by atomic mass is 16.5. The van der Waals surface area contributed by atoms with E-state index in [4.69, 9.17) is 14.2 Å². The Morgan fingerprint density at radius 1 is 1.10 bits per heavy atom. The number of aromatic hydroxyl groups is 1. The van der Waals surface area contributed by atoms with E-state index in [1.54, 1.807) is 0 Å². The lowest BCUT2D eigenvalue weighted by Gasteiger charge is -2.35. The molecule has 0 bridgehead atoms. The predicted octanol–water partition coefficient (Wildman–Crippen LogP) is 1.68. The molecule has 152 valence electrons. The summed E-state index contributed by atoms with van der Waals surface area (Å²) in [5.41, 5.74) is 1.79. The number of rotatable bonds is 5. The van der Waals surface area contributed by atoms with E-state index in [1.165, 1.54) is 37.3 Å². The molecule has 0 fully saturated rings. The molecule has 1 N–H and O–H groups in total. The van der Waals surface area contributed by atoms with Crippen LogP contribution in [0.2, 0.25) is 0 Å². The quantitative estimate of drug-likeness (QED) is 0.763. The maximum absolute atomic E-state index is 12.7. The zero-order valence-corrected chi connectivity index (χ0v) is 16.1. The maximum atomic E-state index is 12.7. The Kier molecular flexibility index (Phi) is 6.01. The second kappa shape index (κ2) is 8.64. The summed E-state index contributed by atoms with van der Waals surface area (Å²) in [5, 5.41) is 9.93. The highest BCUT2D eigenvalue weighted by molar-refractivity contribution is 5.94. The van der Waals surface area contributed by atoms with Gasteiger partial charge in [-0.05, 0) is 23.3 Å². The fourth-order valence-corrected chi connectivity index (χ4v) is 3.23. The standard InChI is InChI=1S/C21H21NO7/c1-27-15-7-8-16(18(23)10-15)20(25)29-12-19(24)22-11-14-6-4-3-5-13(14)9-17(22)21(26)28-2/h3-8,10,17,23H,9,11-12H2,1-2H3/t17-/m0/s1. The molecule has 0 aromatic heterocycles. The van der Waals surface area contributed by atoms with Crippen molar-refractivity contribution in [1.29, 1.82) is 0 Å². The van der Waals surface area contributed by atoms with Crippen LogP contribution >= 0.6 is 0 Å². The van der Waals surface area contributed by atoms with Crippen LogP contribution in [0.5, 0.6) is 11.5 Å². The van der Waals surface area contributed by atoms with E-state index < -0.39 is 30.5 Å². The number of methoxy groups -OCH3 is 2. The van der Waals surface area contributed by atoms with Crippen molar-refractivity contribution in [2.75, 3.05) is 20.8 Å². The van der Waals surface area contributed by atoms with Crippen molar-refractivity contribution < 1.29 is 33.7 Å². The molecule has 1 atom stereocenters. The second-order valence-corrected chi connectivity index (χ2v) is 6.49. The number of ether oxygens (including phenoxy) is 3. The number of fused-ring (bicyclic) bond motifs is 1. The summed E-state index contributed by atoms with van der Waals surface area (Å²) in [4.78, 5) is 38.5. The van der Waals surface area contributed by atoms with Crippen LogP contribution in [0.4, 0.5) is 0 Å². The second-order valence-electron chi connectivity index (χ2n) is 6.49. The molecule has 8 nitrogen and oxygen atoms in total. The van der Waals surface area contributed by atoms with E-state index in [0.29, 0.717) is 12.2 Å². The zero-order valence-electron chi connectivity index (χ0n) is 16.1. The first-order valence-electron chi connectivity index (χ1n) is 8.92. The average Bonchev–Trinajstić information content (AvgIpc) is 2.75. The van der Waals surface area contributed by atoms with E-state index in [0.717, 1.165) is 11.1 Å². The number of hydrogen-bond donors (Lipinski definition) is 1. The van der Waals surface area contributed by atoms with Crippen LogP contribution in [-0.4, -0.2) is 54.7 Å². The van der Waals surface area contributed by atoms with Crippen molar-refractivity contribution in [2.45, 2.75) is 19.0 Å². The molecule has 0 spiro atoms. The van der Waals surface area contributed by atoms with E-state index in [-0.39, 0.29) is 17.9 Å². The third kappa shape index (κ3) is 4.31. The molecule has 3 rings (SSSR count). The highest BCUT2D eigenvalue weighted by Crippen LogP contribution is 2.26. The van der Waals surface area contributed by atoms with Gasteiger partial charge in [0, 0.05) is 19.0 Å². The Bertz CT molecular complexity index is 940. The molecular weight excluding hydrogens is 378 g/mol. The number of benzene rings is 2. The molecule has 2 aromatic carbocycles. The number of phenolic OH excluding ortho intramolecular Hbond substituents is 1. The molecule has 1 aliphatic heterocycles. The molecule has 0 radical (unpaired) electrons. The Hall–Kier alpha value is -3.55. The van der Waals surface area contributed by atoms with Crippen LogP contribution in [0.1, 0.15) is 21.5 Å². The molecule has 0 aliphatic carbocycles. The first-order chi connectivity index (χ1) is 13.9. The van der Waals surface area contributed by atoms with Crippen LogP contribution in [0.25, 0.3) is 0 Å². The summed E-state index contributed by atoms with van der Waals surface area (Å²) in [6.07, 6.45) is 0.321. The molecule has 2 aromatic rings. The number of phenols is 1. The molecule has 29 heavy (non-hydrogen) atoms. The number of hydrogen-bond acceptors (Lipinski definition) is 7. The Labute approximate surface area is 167 Å². The number of nitrogens with zero attached hydrogens (tertiary/aromatic N) is 1. The van der Waals surface area contributed by atoms with Crippen LogP contribution in [0.15, 0.2) is 42.5 Å². The van der Waals surface area contributed by atoms with Crippen molar-refractivity contribution in [3.05, 3.63) is 59.2 Å². The summed E-state index contributed by atoms with van der Waals surface area (Å²) in [6.45, 7) is -0.361. The average molecular weight is 399 g/mol. The fraction of sp³-hybridized carbons (Fsp3) is 0.286. The van der Waals surface area contributed by atoms with Crippen molar-refractivity contribution >= 4 is 17.8 Å². The van der Waals surface area contributed by atoms with E-state index in [9.17, 15) is 19.5 Å². The van der Waals surface area contributed by atoms with Gasteiger partial charge in [-0.3, -0.25) is 4.79 Å². The Balaban J connectivity index is 1.71. The van der Waals surface area contributed by atoms with Gasteiger partial charge in [-0.1, -0.05) is 24.3 Å². The molecule has 1 heterocycles. The van der Waals surface area contributed by atoms with Gasteiger partial charge < -0.3 is 24.2 Å². The van der Waals surface area contributed by atoms with Crippen molar-refractivity contribution in [3.63, 3.8) is 0 Å². The van der Waals surface area contributed by atoms with Crippen LogP contribution in [0.3, 0.4) is 0 Å². The first kappa shape index (κ1) is 20.2. The fourth-order valence-electron chi connectivity index (χ4n) is 3.23. The van der Waals surface area contributed by atoms with Crippen LogP contribution in [0, 0.1) is 0 Å². The molecular formula is C21H21NO7. The van der Waals surface area contributed by atoms with Gasteiger partial charge in [-0.15, -0.1) is 0 Å². The third-order valence-electron chi connectivity index (χ3n) is 4.79. The molecule has 1 amide bonds. The third-order valence-corrected chi connectivity index (χ3v) is 4.79. The van der Waals surface area contributed by atoms with E-state index in [1.807, 2.05) is 24.3 Å². The minimum Gasteiger partial charge on any atom is -0.507 e. The van der Waals surface area contributed by atoms with Gasteiger partial charge in [0.15, 0.2) is 6.61 Å². The van der Waals surface area contributed by atoms with Gasteiger partial charge in [-0.2, -0.15) is 0 Å². The molecule has 1 aliphatic rings. The van der Waals surface area contributed by atoms with Crippen molar-refractivity contribution in [2.24, 2.45) is 0 Å². The maximum Gasteiger partial charge on any atom is 0.342 e. The van der Waals surface area contributed by atoms with Crippen molar-refractivity contribution in [3.8, 4) is 11.5 Å². The summed E-state index contributed by atoms with van der Waals surface area (Å²) in [5.74, 6) is -1.86. The van der Waals surface area contributed by atoms with Gasteiger partial charge in [0.25, 0.3) is 5.91 Å². The van der Waals surface area contributed by atoms with Gasteiger partial charge in [-0.25, -0.2) is 9.59 Å². The summed E-state index contributed by atoms with van der Waals surface area (Å²) >= 11 is 0. The first-order valence-corrected chi connectivity index (χ1v) is 8.92. The van der Waals surface area contributed by atoms with Crippen LogP contribution < -0.4 is 4.74 Å². The highest BCUT2D eigenvalue weighted by Gasteiger charge is 2.35. The normalized spacial score (nSPS) is 15.2. The molecule has 8 heteroatoms. The number of esters is 2. The lowest BCUT2D eigenvalue weighted by Crippen LogP contribution is -2.50. The minimum atomic E-state index is -0.856. The number of amides is 1. The Morgan fingerprint density at radius 3 is 2.48 bits per heavy atom. The summed E-state index contributed by atoms with van der Waals surface area (Å²) in [6, 6.07) is 10.8. The van der Waals surface area contributed by atoms with Gasteiger partial charge in [0.05, 0.1) is 14.2 Å². The lowest BCUT2D eigenvalue weighted by molar-refractivity contribution is -0.155. The van der Waals surface area contributed by atoms with Gasteiger partial charge >= 0.3 is 11.9 Å². The molecule has 0 saturated heterocycles. The largest absolute Gasteiger partial charge is 0.507 e.